The first kappa shape index (κ1) is 10.3. The maximum atomic E-state index is 11.7. The van der Waals surface area contributed by atoms with E-state index >= 15 is 0 Å². The Morgan fingerprint density at radius 3 is 3.14 bits per heavy atom. The zero-order valence-electron chi connectivity index (χ0n) is 7.99. The van der Waals surface area contributed by atoms with E-state index in [0.29, 0.717) is 0 Å². The summed E-state index contributed by atoms with van der Waals surface area (Å²) in [5.74, 6) is 1.92. The van der Waals surface area contributed by atoms with Crippen LogP contribution >= 0.6 is 23.5 Å². The van der Waals surface area contributed by atoms with E-state index in [9.17, 15) is 4.79 Å². The van der Waals surface area contributed by atoms with Gasteiger partial charge in [0.15, 0.2) is 0 Å². The minimum atomic E-state index is 0.179. The monoisotopic (exact) mass is 227 g/mol. The molecule has 2 heterocycles. The van der Waals surface area contributed by atoms with Gasteiger partial charge < -0.3 is 0 Å². The largest absolute Gasteiger partial charge is 0.280 e. The molecule has 0 N–H and O–H groups in total. The Balaban J connectivity index is 2.21. The summed E-state index contributed by atoms with van der Waals surface area (Å²) in [4.78, 5) is 16.0. The molecule has 2 nitrogen and oxygen atoms in total. The average molecular weight is 227 g/mol. The fraction of sp³-hybridized carbons (Fsp3) is 0.600. The van der Waals surface area contributed by atoms with Gasteiger partial charge in [-0.2, -0.15) is 0 Å². The van der Waals surface area contributed by atoms with Crippen LogP contribution in [0, 0.1) is 0 Å². The molecule has 14 heavy (non-hydrogen) atoms. The topological polar surface area (TPSA) is 29.4 Å². The Hall–Kier alpha value is -0.220. The molecule has 0 bridgehead atoms. The first-order chi connectivity index (χ1) is 6.88. The van der Waals surface area contributed by atoms with Crippen LogP contribution in [-0.4, -0.2) is 22.2 Å². The number of aliphatic imine (C=N–C) groups is 1. The molecule has 2 rings (SSSR count). The molecule has 0 amide bonds. The molecule has 0 radical (unpaired) electrons. The molecule has 2 aliphatic heterocycles. The van der Waals surface area contributed by atoms with Crippen LogP contribution in [0.1, 0.15) is 25.7 Å². The van der Waals surface area contributed by atoms with Crippen molar-refractivity contribution in [1.82, 2.24) is 0 Å². The summed E-state index contributed by atoms with van der Waals surface area (Å²) in [6.45, 7) is 0. The van der Waals surface area contributed by atoms with Gasteiger partial charge in [0, 0.05) is 11.5 Å². The summed E-state index contributed by atoms with van der Waals surface area (Å²) < 4.78 is 0. The fourth-order valence-electron chi connectivity index (χ4n) is 1.63. The summed E-state index contributed by atoms with van der Waals surface area (Å²) in [6.07, 6.45) is 4.67. The van der Waals surface area contributed by atoms with Gasteiger partial charge in [-0.1, -0.05) is 18.2 Å². The van der Waals surface area contributed by atoms with Crippen LogP contribution < -0.4 is 0 Å². The molecule has 0 aromatic heterocycles. The molecule has 0 saturated carbocycles. The lowest BCUT2D eigenvalue weighted by atomic mass is 10.1. The minimum absolute atomic E-state index is 0.179. The highest BCUT2D eigenvalue weighted by Gasteiger charge is 2.18. The van der Waals surface area contributed by atoms with Crippen molar-refractivity contribution in [2.24, 2.45) is 4.99 Å². The smallest absolute Gasteiger partial charge is 0.237 e. The van der Waals surface area contributed by atoms with E-state index in [2.05, 4.69) is 4.99 Å². The molecular formula is C10H13NOS2. The quantitative estimate of drug-likeness (QED) is 0.637. The van der Waals surface area contributed by atoms with Gasteiger partial charge >= 0.3 is 0 Å². The molecule has 0 atom stereocenters. The molecule has 0 aromatic rings. The Morgan fingerprint density at radius 1 is 1.29 bits per heavy atom. The predicted molar refractivity (Wildman–Crippen MR) is 63.9 cm³/mol. The Labute approximate surface area is 92.6 Å². The van der Waals surface area contributed by atoms with Crippen LogP contribution in [0.2, 0.25) is 0 Å². The predicted octanol–water partition coefficient (Wildman–Crippen LogP) is 2.85. The normalized spacial score (nSPS) is 23.9. The number of hydrogen-bond acceptors (Lipinski definition) is 4. The summed E-state index contributed by atoms with van der Waals surface area (Å²) in [7, 11) is 0. The van der Waals surface area contributed by atoms with Crippen LogP contribution in [0.5, 0.6) is 0 Å². The lowest BCUT2D eigenvalue weighted by molar-refractivity contribution is -0.107. The number of nitrogens with zero attached hydrogens (tertiary/aromatic N) is 1. The maximum Gasteiger partial charge on any atom is 0.237 e. The highest BCUT2D eigenvalue weighted by Crippen LogP contribution is 2.28. The third kappa shape index (κ3) is 2.42. The van der Waals surface area contributed by atoms with E-state index < -0.39 is 0 Å². The van der Waals surface area contributed by atoms with E-state index in [1.807, 2.05) is 0 Å². The van der Waals surface area contributed by atoms with Crippen LogP contribution in [-0.2, 0) is 4.79 Å². The molecular weight excluding hydrogens is 214 g/mol. The molecule has 0 unspecified atom stereocenters. The van der Waals surface area contributed by atoms with Crippen molar-refractivity contribution in [2.75, 3.05) is 11.5 Å². The van der Waals surface area contributed by atoms with Gasteiger partial charge in [-0.3, -0.25) is 4.79 Å². The zero-order valence-corrected chi connectivity index (χ0v) is 9.62. The maximum absolute atomic E-state index is 11.7. The van der Waals surface area contributed by atoms with Crippen molar-refractivity contribution < 1.29 is 4.79 Å². The van der Waals surface area contributed by atoms with Crippen LogP contribution in [0.4, 0.5) is 0 Å². The van der Waals surface area contributed by atoms with E-state index in [1.165, 1.54) is 30.2 Å². The SMILES string of the molecule is O=C1SCCCCCC2=C1N=CSC2. The first-order valence-corrected chi connectivity index (χ1v) is 6.94. The lowest BCUT2D eigenvalue weighted by Crippen LogP contribution is -2.05. The third-order valence-corrected chi connectivity index (χ3v) is 4.12. The van der Waals surface area contributed by atoms with Gasteiger partial charge in [-0.25, -0.2) is 4.99 Å². The second-order valence-electron chi connectivity index (χ2n) is 3.44. The van der Waals surface area contributed by atoms with Crippen molar-refractivity contribution in [3.05, 3.63) is 11.3 Å². The molecule has 76 valence electrons. The van der Waals surface area contributed by atoms with Gasteiger partial charge in [0.25, 0.3) is 0 Å². The van der Waals surface area contributed by atoms with Gasteiger partial charge in [0.2, 0.25) is 5.12 Å². The third-order valence-electron chi connectivity index (χ3n) is 2.40. The van der Waals surface area contributed by atoms with Crippen LogP contribution in [0.3, 0.4) is 0 Å². The zero-order chi connectivity index (χ0) is 9.80. The molecule has 0 aromatic carbocycles. The molecule has 0 saturated heterocycles. The average Bonchev–Trinajstić information content (AvgIpc) is 2.30. The Kier molecular flexibility index (Phi) is 3.70. The summed E-state index contributed by atoms with van der Waals surface area (Å²) >= 11 is 3.13. The van der Waals surface area contributed by atoms with Gasteiger partial charge in [0.1, 0.15) is 5.70 Å². The molecule has 0 spiro atoms. The molecule has 0 aliphatic carbocycles. The van der Waals surface area contributed by atoms with Crippen molar-refractivity contribution in [3.8, 4) is 0 Å². The van der Waals surface area contributed by atoms with Gasteiger partial charge in [0.05, 0.1) is 5.55 Å². The van der Waals surface area contributed by atoms with Crippen LogP contribution in [0.25, 0.3) is 0 Å². The van der Waals surface area contributed by atoms with Crippen molar-refractivity contribution in [3.63, 3.8) is 0 Å². The van der Waals surface area contributed by atoms with Crippen LogP contribution in [0.15, 0.2) is 16.3 Å². The van der Waals surface area contributed by atoms with Crippen molar-refractivity contribution in [2.45, 2.75) is 25.7 Å². The fourth-order valence-corrected chi connectivity index (χ4v) is 3.23. The first-order valence-electron chi connectivity index (χ1n) is 4.91. The molecule has 0 fully saturated rings. The molecule has 4 heteroatoms. The lowest BCUT2D eigenvalue weighted by Gasteiger charge is -2.11. The van der Waals surface area contributed by atoms with E-state index in [0.717, 1.165) is 30.0 Å². The number of thioether (sulfide) groups is 2. The summed E-state index contributed by atoms with van der Waals surface area (Å²) in [5.41, 5.74) is 3.81. The second-order valence-corrected chi connectivity index (χ2v) is 5.34. The van der Waals surface area contributed by atoms with E-state index in [-0.39, 0.29) is 5.12 Å². The van der Waals surface area contributed by atoms with E-state index in [4.69, 9.17) is 0 Å². The number of rotatable bonds is 0. The second kappa shape index (κ2) is 5.03. The number of carbonyl (C=O) groups excluding carboxylic acids is 1. The van der Waals surface area contributed by atoms with Crippen molar-refractivity contribution >= 4 is 34.2 Å². The summed E-state index contributed by atoms with van der Waals surface area (Å²) in [6, 6.07) is 0. The standard InChI is InChI=1S/C10H13NOS2/c12-10-9-8(6-13-7-11-9)4-2-1-3-5-14-10/h7H,1-6H2. The summed E-state index contributed by atoms with van der Waals surface area (Å²) in [5, 5.41) is 0.179. The Bertz CT molecular complexity index is 296. The molecule has 2 aliphatic rings. The Morgan fingerprint density at radius 2 is 2.21 bits per heavy atom. The van der Waals surface area contributed by atoms with Gasteiger partial charge in [-0.15, -0.1) is 11.8 Å². The number of carbonyl (C=O) groups is 1. The van der Waals surface area contributed by atoms with Gasteiger partial charge in [-0.05, 0) is 24.8 Å². The number of hydrogen-bond donors (Lipinski definition) is 0. The minimum Gasteiger partial charge on any atom is -0.280 e. The highest BCUT2D eigenvalue weighted by molar-refractivity contribution is 8.14. The van der Waals surface area contributed by atoms with E-state index in [1.54, 1.807) is 17.3 Å². The van der Waals surface area contributed by atoms with Crippen molar-refractivity contribution in [1.29, 1.82) is 0 Å². The highest BCUT2D eigenvalue weighted by atomic mass is 32.2.